The minimum atomic E-state index is -0.137. The molecule has 0 bridgehead atoms. The lowest BCUT2D eigenvalue weighted by atomic mass is 9.70. The topological polar surface area (TPSA) is 35.8 Å². The largest absolute Gasteiger partial charge is 0.383 e. The van der Waals surface area contributed by atoms with Crippen molar-refractivity contribution in [3.8, 4) is 6.07 Å². The van der Waals surface area contributed by atoms with Crippen LogP contribution in [0, 0.1) is 16.7 Å². The number of hydrogen-bond acceptors (Lipinski definition) is 2. The number of nitrogens with one attached hydrogen (secondary N) is 1. The van der Waals surface area contributed by atoms with Gasteiger partial charge >= 0.3 is 0 Å². The molecule has 15 heavy (non-hydrogen) atoms. The van der Waals surface area contributed by atoms with E-state index in [-0.39, 0.29) is 5.41 Å². The number of nitriles is 1. The second-order valence-corrected chi connectivity index (χ2v) is 4.55. The van der Waals surface area contributed by atoms with E-state index in [1.54, 1.807) is 0 Å². The van der Waals surface area contributed by atoms with Crippen molar-refractivity contribution in [3.05, 3.63) is 29.3 Å². The molecule has 0 heterocycles. The van der Waals surface area contributed by atoms with Crippen LogP contribution in [0.25, 0.3) is 0 Å². The Bertz CT molecular complexity index is 391. The summed E-state index contributed by atoms with van der Waals surface area (Å²) in [5, 5.41) is 13.0. The van der Waals surface area contributed by atoms with E-state index in [1.807, 2.05) is 24.3 Å². The smallest absolute Gasteiger partial charge is 0.0746 e. The molecule has 0 amide bonds. The lowest BCUT2D eigenvalue weighted by Gasteiger charge is -2.35. The Labute approximate surface area is 94.9 Å². The van der Waals surface area contributed by atoms with Crippen LogP contribution in [0.3, 0.4) is 0 Å². The van der Waals surface area contributed by atoms with Gasteiger partial charge in [-0.05, 0) is 31.0 Å². The molecule has 0 spiro atoms. The summed E-state index contributed by atoms with van der Waals surface area (Å²) in [6.45, 7) is 0.726. The van der Waals surface area contributed by atoms with Crippen molar-refractivity contribution in [1.82, 2.24) is 0 Å². The SMILES string of the molecule is N#CC1(CNc2cccc(Cl)c2)CCC1. The van der Waals surface area contributed by atoms with Gasteiger partial charge in [-0.25, -0.2) is 0 Å². The van der Waals surface area contributed by atoms with E-state index >= 15 is 0 Å². The summed E-state index contributed by atoms with van der Waals surface area (Å²) < 4.78 is 0. The summed E-state index contributed by atoms with van der Waals surface area (Å²) in [6.07, 6.45) is 3.19. The van der Waals surface area contributed by atoms with Crippen LogP contribution in [0.1, 0.15) is 19.3 Å². The zero-order valence-corrected chi connectivity index (χ0v) is 9.22. The van der Waals surface area contributed by atoms with Gasteiger partial charge in [-0.15, -0.1) is 0 Å². The van der Waals surface area contributed by atoms with Crippen LogP contribution in [-0.4, -0.2) is 6.54 Å². The zero-order chi connectivity index (χ0) is 10.7. The van der Waals surface area contributed by atoms with Crippen molar-refractivity contribution in [1.29, 1.82) is 5.26 Å². The summed E-state index contributed by atoms with van der Waals surface area (Å²) in [6, 6.07) is 10.0. The first-order valence-electron chi connectivity index (χ1n) is 5.15. The van der Waals surface area contributed by atoms with Gasteiger partial charge in [0, 0.05) is 17.3 Å². The molecule has 1 aliphatic carbocycles. The summed E-state index contributed by atoms with van der Waals surface area (Å²) >= 11 is 5.87. The van der Waals surface area contributed by atoms with Crippen LogP contribution in [0.4, 0.5) is 5.69 Å². The van der Waals surface area contributed by atoms with E-state index in [2.05, 4.69) is 11.4 Å². The third-order valence-electron chi connectivity index (χ3n) is 3.00. The Morgan fingerprint density at radius 1 is 1.47 bits per heavy atom. The summed E-state index contributed by atoms with van der Waals surface area (Å²) in [4.78, 5) is 0. The van der Waals surface area contributed by atoms with Gasteiger partial charge in [-0.1, -0.05) is 24.1 Å². The molecule has 1 saturated carbocycles. The highest BCUT2D eigenvalue weighted by molar-refractivity contribution is 6.30. The number of halogens is 1. The Morgan fingerprint density at radius 3 is 2.80 bits per heavy atom. The van der Waals surface area contributed by atoms with E-state index < -0.39 is 0 Å². The maximum Gasteiger partial charge on any atom is 0.0746 e. The van der Waals surface area contributed by atoms with Crippen LogP contribution in [0.2, 0.25) is 5.02 Å². The van der Waals surface area contributed by atoms with Gasteiger partial charge in [0.1, 0.15) is 0 Å². The van der Waals surface area contributed by atoms with Crippen molar-refractivity contribution in [3.63, 3.8) is 0 Å². The number of benzene rings is 1. The van der Waals surface area contributed by atoms with Crippen molar-refractivity contribution >= 4 is 17.3 Å². The van der Waals surface area contributed by atoms with Gasteiger partial charge in [0.25, 0.3) is 0 Å². The molecule has 0 saturated heterocycles. The molecule has 2 rings (SSSR count). The van der Waals surface area contributed by atoms with Crippen molar-refractivity contribution < 1.29 is 0 Å². The van der Waals surface area contributed by atoms with Gasteiger partial charge in [0.15, 0.2) is 0 Å². The molecule has 3 heteroatoms. The fraction of sp³-hybridized carbons (Fsp3) is 0.417. The molecule has 0 radical (unpaired) electrons. The van der Waals surface area contributed by atoms with E-state index in [0.717, 1.165) is 30.1 Å². The Kier molecular flexibility index (Phi) is 2.83. The van der Waals surface area contributed by atoms with Crippen molar-refractivity contribution in [2.75, 3.05) is 11.9 Å². The van der Waals surface area contributed by atoms with Crippen molar-refractivity contribution in [2.24, 2.45) is 5.41 Å². The fourth-order valence-corrected chi connectivity index (χ4v) is 1.99. The molecular formula is C12H13ClN2. The lowest BCUT2D eigenvalue weighted by Crippen LogP contribution is -2.34. The quantitative estimate of drug-likeness (QED) is 0.847. The number of anilines is 1. The minimum Gasteiger partial charge on any atom is -0.383 e. The Hall–Kier alpha value is -1.20. The van der Waals surface area contributed by atoms with Gasteiger partial charge in [-0.2, -0.15) is 5.26 Å². The molecule has 0 aromatic heterocycles. The first kappa shape index (κ1) is 10.3. The van der Waals surface area contributed by atoms with Gasteiger partial charge < -0.3 is 5.32 Å². The molecule has 0 atom stereocenters. The first-order chi connectivity index (χ1) is 7.24. The monoisotopic (exact) mass is 220 g/mol. The molecule has 0 unspecified atom stereocenters. The van der Waals surface area contributed by atoms with E-state index in [4.69, 9.17) is 16.9 Å². The second-order valence-electron chi connectivity index (χ2n) is 4.11. The third-order valence-corrected chi connectivity index (χ3v) is 3.24. The Morgan fingerprint density at radius 2 is 2.27 bits per heavy atom. The second kappa shape index (κ2) is 4.12. The van der Waals surface area contributed by atoms with Gasteiger partial charge in [0.2, 0.25) is 0 Å². The number of nitrogens with zero attached hydrogens (tertiary/aromatic N) is 1. The van der Waals surface area contributed by atoms with Crippen LogP contribution in [0.5, 0.6) is 0 Å². The molecule has 1 aromatic rings. The lowest BCUT2D eigenvalue weighted by molar-refractivity contribution is 0.233. The molecule has 78 valence electrons. The van der Waals surface area contributed by atoms with E-state index in [9.17, 15) is 0 Å². The maximum absolute atomic E-state index is 9.05. The third kappa shape index (κ3) is 2.24. The number of rotatable bonds is 3. The molecule has 1 N–H and O–H groups in total. The van der Waals surface area contributed by atoms with E-state index in [0.29, 0.717) is 0 Å². The maximum atomic E-state index is 9.05. The highest BCUT2D eigenvalue weighted by Gasteiger charge is 2.36. The fourth-order valence-electron chi connectivity index (χ4n) is 1.80. The average Bonchev–Trinajstić information content (AvgIpc) is 2.17. The molecule has 1 aliphatic rings. The highest BCUT2D eigenvalue weighted by Crippen LogP contribution is 2.40. The highest BCUT2D eigenvalue weighted by atomic mass is 35.5. The standard InChI is InChI=1S/C12H13ClN2/c13-10-3-1-4-11(7-10)15-9-12(8-14)5-2-6-12/h1,3-4,7,15H,2,5-6,9H2. The average molecular weight is 221 g/mol. The van der Waals surface area contributed by atoms with Gasteiger partial charge in [-0.3, -0.25) is 0 Å². The molecule has 2 nitrogen and oxygen atoms in total. The predicted molar refractivity (Wildman–Crippen MR) is 61.8 cm³/mol. The summed E-state index contributed by atoms with van der Waals surface area (Å²) in [5.74, 6) is 0. The van der Waals surface area contributed by atoms with E-state index in [1.165, 1.54) is 6.42 Å². The minimum absolute atomic E-state index is 0.137. The van der Waals surface area contributed by atoms with Gasteiger partial charge in [0.05, 0.1) is 11.5 Å². The van der Waals surface area contributed by atoms with Crippen molar-refractivity contribution in [2.45, 2.75) is 19.3 Å². The first-order valence-corrected chi connectivity index (χ1v) is 5.53. The van der Waals surface area contributed by atoms with Crippen LogP contribution >= 0.6 is 11.6 Å². The Balaban J connectivity index is 1.96. The van der Waals surface area contributed by atoms with Crippen LogP contribution < -0.4 is 5.32 Å². The summed E-state index contributed by atoms with van der Waals surface area (Å²) in [7, 11) is 0. The molecular weight excluding hydrogens is 208 g/mol. The predicted octanol–water partition coefficient (Wildman–Crippen LogP) is 3.45. The molecule has 1 fully saturated rings. The van der Waals surface area contributed by atoms with Crippen LogP contribution in [-0.2, 0) is 0 Å². The zero-order valence-electron chi connectivity index (χ0n) is 8.46. The molecule has 0 aliphatic heterocycles. The normalized spacial score (nSPS) is 17.6. The number of hydrogen-bond donors (Lipinski definition) is 1. The summed E-state index contributed by atoms with van der Waals surface area (Å²) in [5.41, 5.74) is 0.853. The molecule has 1 aromatic carbocycles. The van der Waals surface area contributed by atoms with Crippen LogP contribution in [0.15, 0.2) is 24.3 Å².